The first-order valence-corrected chi connectivity index (χ1v) is 4.11. The van der Waals surface area contributed by atoms with Crippen molar-refractivity contribution in [3.63, 3.8) is 0 Å². The van der Waals surface area contributed by atoms with Crippen molar-refractivity contribution >= 4 is 0 Å². The molecule has 1 fully saturated rings. The maximum atomic E-state index is 11.8. The van der Waals surface area contributed by atoms with Gasteiger partial charge in [0.25, 0.3) is 0 Å². The fraction of sp³-hybridized carbons (Fsp3) is 1.00. The monoisotopic (exact) mass is 161 g/mol. The Morgan fingerprint density at radius 2 is 1.82 bits per heavy atom. The van der Waals surface area contributed by atoms with Gasteiger partial charge in [0, 0.05) is 32.7 Å². The Labute approximate surface area is 66.9 Å². The number of hydrogen-bond acceptors (Lipinski definition) is 3. The van der Waals surface area contributed by atoms with Gasteiger partial charge >= 0.3 is 0 Å². The maximum absolute atomic E-state index is 11.8. The smallest absolute Gasteiger partial charge is 0.0906 e. The topological polar surface area (TPSA) is 32.5 Å². The number of piperazine rings is 1. The molecule has 0 unspecified atom stereocenters. The van der Waals surface area contributed by atoms with Crippen molar-refractivity contribution < 1.29 is 4.39 Å². The minimum Gasteiger partial charge on any atom is -0.301 e. The van der Waals surface area contributed by atoms with E-state index < -0.39 is 0 Å². The Morgan fingerprint density at radius 1 is 1.18 bits per heavy atom. The van der Waals surface area contributed by atoms with Crippen LogP contribution in [-0.2, 0) is 0 Å². The molecule has 1 rings (SSSR count). The van der Waals surface area contributed by atoms with Gasteiger partial charge in [0.15, 0.2) is 0 Å². The van der Waals surface area contributed by atoms with E-state index in [1.807, 2.05) is 5.01 Å². The molecule has 0 aromatic heterocycles. The zero-order chi connectivity index (χ0) is 8.10. The molecule has 66 valence electrons. The van der Waals surface area contributed by atoms with Crippen LogP contribution >= 0.6 is 0 Å². The predicted octanol–water partition coefficient (Wildman–Crippen LogP) is -0.163. The van der Waals surface area contributed by atoms with Crippen LogP contribution in [0.15, 0.2) is 0 Å². The van der Waals surface area contributed by atoms with Crippen LogP contribution in [0.25, 0.3) is 0 Å². The van der Waals surface area contributed by atoms with Gasteiger partial charge in [0.05, 0.1) is 6.67 Å². The molecule has 3 nitrogen and oxygen atoms in total. The molecule has 0 amide bonds. The van der Waals surface area contributed by atoms with E-state index in [4.69, 9.17) is 5.84 Å². The van der Waals surface area contributed by atoms with Gasteiger partial charge in [-0.05, 0) is 6.42 Å². The van der Waals surface area contributed by atoms with Crippen molar-refractivity contribution in [1.82, 2.24) is 9.91 Å². The Balaban J connectivity index is 2.07. The molecule has 1 aliphatic heterocycles. The van der Waals surface area contributed by atoms with Crippen LogP contribution in [-0.4, -0.2) is 49.3 Å². The van der Waals surface area contributed by atoms with Gasteiger partial charge in [0.1, 0.15) is 0 Å². The van der Waals surface area contributed by atoms with Crippen molar-refractivity contribution in [3.05, 3.63) is 0 Å². The molecule has 0 radical (unpaired) electrons. The lowest BCUT2D eigenvalue weighted by Crippen LogP contribution is -2.49. The van der Waals surface area contributed by atoms with Gasteiger partial charge in [-0.1, -0.05) is 0 Å². The van der Waals surface area contributed by atoms with Gasteiger partial charge in [0.2, 0.25) is 0 Å². The lowest BCUT2D eigenvalue weighted by atomic mass is 10.3. The van der Waals surface area contributed by atoms with Crippen molar-refractivity contribution in [2.24, 2.45) is 5.84 Å². The molecule has 0 bridgehead atoms. The second kappa shape index (κ2) is 4.64. The fourth-order valence-electron chi connectivity index (χ4n) is 1.27. The summed E-state index contributed by atoms with van der Waals surface area (Å²) in [4.78, 5) is 2.25. The van der Waals surface area contributed by atoms with E-state index in [1.165, 1.54) is 0 Å². The summed E-state index contributed by atoms with van der Waals surface area (Å²) in [7, 11) is 0. The molecule has 0 saturated carbocycles. The normalized spacial score (nSPS) is 22.4. The highest BCUT2D eigenvalue weighted by Crippen LogP contribution is 1.98. The average Bonchev–Trinajstić information content (AvgIpc) is 2.04. The summed E-state index contributed by atoms with van der Waals surface area (Å²) in [5.74, 6) is 5.56. The minimum atomic E-state index is -0.206. The summed E-state index contributed by atoms with van der Waals surface area (Å²) >= 11 is 0. The third kappa shape index (κ3) is 3.14. The Morgan fingerprint density at radius 3 is 2.36 bits per heavy atom. The van der Waals surface area contributed by atoms with E-state index >= 15 is 0 Å². The third-order valence-corrected chi connectivity index (χ3v) is 2.01. The zero-order valence-electron chi connectivity index (χ0n) is 6.80. The molecule has 0 aromatic carbocycles. The zero-order valence-corrected chi connectivity index (χ0v) is 6.80. The van der Waals surface area contributed by atoms with E-state index in [2.05, 4.69) is 4.90 Å². The first kappa shape index (κ1) is 8.90. The number of nitrogens with zero attached hydrogens (tertiary/aromatic N) is 2. The molecule has 11 heavy (non-hydrogen) atoms. The average molecular weight is 161 g/mol. The first-order valence-electron chi connectivity index (χ1n) is 4.11. The fourth-order valence-corrected chi connectivity index (χ4v) is 1.27. The molecular formula is C7H16FN3. The highest BCUT2D eigenvalue weighted by Gasteiger charge is 2.12. The molecule has 0 spiro atoms. The lowest BCUT2D eigenvalue weighted by Gasteiger charge is -2.31. The van der Waals surface area contributed by atoms with E-state index in [0.29, 0.717) is 6.42 Å². The molecule has 0 atom stereocenters. The Kier molecular flexibility index (Phi) is 3.76. The summed E-state index contributed by atoms with van der Waals surface area (Å²) in [6.07, 6.45) is 0.657. The SMILES string of the molecule is NN1CCN(CCCF)CC1. The quantitative estimate of drug-likeness (QED) is 0.584. The van der Waals surface area contributed by atoms with E-state index in [9.17, 15) is 4.39 Å². The largest absolute Gasteiger partial charge is 0.301 e. The summed E-state index contributed by atoms with van der Waals surface area (Å²) in [6.45, 7) is 4.46. The van der Waals surface area contributed by atoms with Crippen molar-refractivity contribution in [2.45, 2.75) is 6.42 Å². The van der Waals surface area contributed by atoms with Gasteiger partial charge < -0.3 is 4.90 Å². The molecule has 4 heteroatoms. The summed E-state index contributed by atoms with van der Waals surface area (Å²) in [5.41, 5.74) is 0. The van der Waals surface area contributed by atoms with Crippen LogP contribution in [0.4, 0.5) is 4.39 Å². The van der Waals surface area contributed by atoms with Crippen LogP contribution in [0.1, 0.15) is 6.42 Å². The minimum absolute atomic E-state index is 0.206. The molecular weight excluding hydrogens is 145 g/mol. The Bertz CT molecular complexity index is 99.1. The first-order chi connectivity index (χ1) is 5.33. The third-order valence-electron chi connectivity index (χ3n) is 2.01. The van der Waals surface area contributed by atoms with E-state index in [0.717, 1.165) is 32.7 Å². The molecule has 0 aromatic rings. The predicted molar refractivity (Wildman–Crippen MR) is 42.8 cm³/mol. The van der Waals surface area contributed by atoms with Gasteiger partial charge in [-0.25, -0.2) is 5.01 Å². The van der Waals surface area contributed by atoms with Gasteiger partial charge in [-0.2, -0.15) is 0 Å². The van der Waals surface area contributed by atoms with E-state index in [-0.39, 0.29) is 6.67 Å². The second-order valence-electron chi connectivity index (χ2n) is 2.92. The highest BCUT2D eigenvalue weighted by atomic mass is 19.1. The maximum Gasteiger partial charge on any atom is 0.0906 e. The number of halogens is 1. The summed E-state index contributed by atoms with van der Waals surface area (Å²) in [6, 6.07) is 0. The molecule has 1 heterocycles. The van der Waals surface area contributed by atoms with Crippen LogP contribution in [0.2, 0.25) is 0 Å². The van der Waals surface area contributed by atoms with Gasteiger partial charge in [-0.3, -0.25) is 10.2 Å². The number of rotatable bonds is 3. The van der Waals surface area contributed by atoms with Crippen molar-refractivity contribution in [2.75, 3.05) is 39.4 Å². The molecule has 1 saturated heterocycles. The number of hydrogen-bond donors (Lipinski definition) is 1. The standard InChI is InChI=1S/C7H16FN3/c8-2-1-3-10-4-6-11(9)7-5-10/h1-7,9H2. The Hall–Kier alpha value is -0.190. The molecule has 0 aliphatic carbocycles. The highest BCUT2D eigenvalue weighted by molar-refractivity contribution is 4.67. The van der Waals surface area contributed by atoms with Crippen molar-refractivity contribution in [1.29, 1.82) is 0 Å². The van der Waals surface area contributed by atoms with Crippen molar-refractivity contribution in [3.8, 4) is 0 Å². The molecule has 1 aliphatic rings. The summed E-state index contributed by atoms with van der Waals surface area (Å²) < 4.78 is 11.8. The number of alkyl halides is 1. The van der Waals surface area contributed by atoms with Gasteiger partial charge in [-0.15, -0.1) is 0 Å². The molecule has 2 N–H and O–H groups in total. The van der Waals surface area contributed by atoms with Crippen LogP contribution in [0.3, 0.4) is 0 Å². The van der Waals surface area contributed by atoms with Crippen LogP contribution in [0, 0.1) is 0 Å². The van der Waals surface area contributed by atoms with Crippen LogP contribution < -0.4 is 5.84 Å². The number of hydrazine groups is 1. The lowest BCUT2D eigenvalue weighted by molar-refractivity contribution is 0.130. The number of nitrogens with two attached hydrogens (primary N) is 1. The summed E-state index contributed by atoms with van der Waals surface area (Å²) in [5, 5.41) is 1.81. The second-order valence-corrected chi connectivity index (χ2v) is 2.92. The van der Waals surface area contributed by atoms with Crippen LogP contribution in [0.5, 0.6) is 0 Å². The van der Waals surface area contributed by atoms with E-state index in [1.54, 1.807) is 0 Å².